The molecular weight excluding hydrogens is 650 g/mol. The number of ether oxygens (including phenoxy) is 4. The third-order valence-electron chi connectivity index (χ3n) is 7.98. The second-order valence-corrected chi connectivity index (χ2v) is 11.8. The monoisotopic (exact) mass is 695 g/mol. The van der Waals surface area contributed by atoms with Crippen molar-refractivity contribution in [2.24, 2.45) is 0 Å². The number of rotatable bonds is 21. The van der Waals surface area contributed by atoms with Crippen LogP contribution in [0.4, 0.5) is 4.79 Å². The van der Waals surface area contributed by atoms with E-state index in [1.165, 1.54) is 0 Å². The Balaban J connectivity index is 1.35. The van der Waals surface area contributed by atoms with Crippen LogP contribution in [0.1, 0.15) is 28.9 Å². The van der Waals surface area contributed by atoms with E-state index in [0.29, 0.717) is 76.1 Å². The maximum Gasteiger partial charge on any atom is 0.416 e. The van der Waals surface area contributed by atoms with Gasteiger partial charge >= 0.3 is 12.1 Å². The molecule has 2 aromatic heterocycles. The van der Waals surface area contributed by atoms with Gasteiger partial charge in [0.2, 0.25) is 5.88 Å². The number of nitrogens with zero attached hydrogens (tertiary/aromatic N) is 4. The van der Waals surface area contributed by atoms with Crippen molar-refractivity contribution in [1.82, 2.24) is 24.6 Å². The van der Waals surface area contributed by atoms with Crippen LogP contribution in [0.15, 0.2) is 97.2 Å². The molecule has 3 aromatic carbocycles. The average molecular weight is 696 g/mol. The maximum absolute atomic E-state index is 13.9. The Morgan fingerprint density at radius 1 is 0.725 bits per heavy atom. The van der Waals surface area contributed by atoms with E-state index in [4.69, 9.17) is 34.0 Å². The molecule has 12 nitrogen and oxygen atoms in total. The fourth-order valence-corrected chi connectivity index (χ4v) is 5.37. The molecule has 51 heavy (non-hydrogen) atoms. The molecule has 268 valence electrons. The quantitative estimate of drug-likeness (QED) is 0.0996. The summed E-state index contributed by atoms with van der Waals surface area (Å²) in [5.74, 6) is -0.548. The number of amides is 1. The molecule has 0 saturated heterocycles. The summed E-state index contributed by atoms with van der Waals surface area (Å²) < 4.78 is 24.6. The topological polar surface area (TPSA) is 137 Å². The average Bonchev–Trinajstić information content (AvgIpc) is 3.49. The number of hydrogen-bond acceptors (Lipinski definition) is 9. The second-order valence-electron chi connectivity index (χ2n) is 11.8. The van der Waals surface area contributed by atoms with E-state index in [2.05, 4.69) is 17.4 Å². The lowest BCUT2D eigenvalue weighted by atomic mass is 10.1. The molecule has 0 saturated carbocycles. The zero-order chi connectivity index (χ0) is 35.7. The van der Waals surface area contributed by atoms with Gasteiger partial charge in [0, 0.05) is 44.2 Å². The summed E-state index contributed by atoms with van der Waals surface area (Å²) in [7, 11) is 1.83. The summed E-state index contributed by atoms with van der Waals surface area (Å²) >= 11 is 0. The lowest BCUT2D eigenvalue weighted by molar-refractivity contribution is -0.138. The van der Waals surface area contributed by atoms with E-state index in [-0.39, 0.29) is 19.6 Å². The molecule has 2 heterocycles. The van der Waals surface area contributed by atoms with Gasteiger partial charge in [-0.3, -0.25) is 9.20 Å². The van der Waals surface area contributed by atoms with Crippen LogP contribution in [0.3, 0.4) is 0 Å². The fourth-order valence-electron chi connectivity index (χ4n) is 5.37. The van der Waals surface area contributed by atoms with Crippen LogP contribution in [-0.4, -0.2) is 103 Å². The third-order valence-corrected chi connectivity index (χ3v) is 7.98. The van der Waals surface area contributed by atoms with Gasteiger partial charge in [-0.05, 0) is 18.2 Å². The van der Waals surface area contributed by atoms with Crippen molar-refractivity contribution in [2.45, 2.75) is 19.3 Å². The Kier molecular flexibility index (Phi) is 14.5. The number of carboxylic acids is 1. The number of carbonyl (C=O) groups excluding carboxylic acids is 1. The van der Waals surface area contributed by atoms with E-state index < -0.39 is 12.1 Å². The summed E-state index contributed by atoms with van der Waals surface area (Å²) in [5.41, 5.74) is 5.84. The van der Waals surface area contributed by atoms with Crippen molar-refractivity contribution < 1.29 is 33.6 Å². The summed E-state index contributed by atoms with van der Waals surface area (Å²) in [4.78, 5) is 36.2. The molecule has 1 amide bonds. The van der Waals surface area contributed by atoms with Gasteiger partial charge in [-0.15, -0.1) is 0 Å². The molecule has 0 aliphatic rings. The van der Waals surface area contributed by atoms with E-state index >= 15 is 0 Å². The summed E-state index contributed by atoms with van der Waals surface area (Å²) in [5, 5.41) is 11.8. The van der Waals surface area contributed by atoms with Gasteiger partial charge in [0.05, 0.1) is 57.4 Å². The maximum atomic E-state index is 13.9. The normalized spacial score (nSPS) is 11.2. The van der Waals surface area contributed by atoms with Gasteiger partial charge in [0.1, 0.15) is 5.69 Å². The van der Waals surface area contributed by atoms with E-state index in [1.54, 1.807) is 4.90 Å². The number of likely N-dealkylation sites (N-methyl/N-ethyl adjacent to an activating group) is 1. The first kappa shape index (κ1) is 37.1. The predicted octanol–water partition coefficient (Wildman–Crippen LogP) is 5.12. The molecule has 2 N–H and O–H groups in total. The fraction of sp³-hybridized carbons (Fsp3) is 0.333. The molecule has 5 rings (SSSR count). The number of aliphatic carboxylic acids is 1. The summed E-state index contributed by atoms with van der Waals surface area (Å²) in [6.45, 7) is 3.03. The molecule has 0 spiro atoms. The first-order chi connectivity index (χ1) is 25.0. The lowest BCUT2D eigenvalue weighted by Gasteiger charge is -2.22. The molecule has 12 heteroatoms. The molecule has 0 atom stereocenters. The SMILES string of the molecule is CNCCN(CCOCCOCCOCCC(=O)O)C(=O)Oc1c(Cc2ccccc2)nc2c(Cc3ccccc3)nc(-c3ccccc3)cn12. The lowest BCUT2D eigenvalue weighted by Crippen LogP contribution is -2.40. The van der Waals surface area contributed by atoms with Crippen molar-refractivity contribution in [3.8, 4) is 17.1 Å². The van der Waals surface area contributed by atoms with Crippen LogP contribution in [0.25, 0.3) is 16.9 Å². The number of carbonyl (C=O) groups is 2. The van der Waals surface area contributed by atoms with Gasteiger partial charge in [0.25, 0.3) is 0 Å². The second kappa shape index (κ2) is 19.9. The standard InChI is InChI=1S/C39H45N5O7/c1-40-18-19-43(20-22-49-24-26-50-25-23-48-21-17-36(45)46)39(47)51-38-34(28-31-13-7-3-8-14-31)42-37-33(27-30-11-5-2-6-12-30)41-35(29-44(37)38)32-15-9-4-10-16-32/h2-16,29,40H,17-28H2,1H3,(H,45,46). The first-order valence-corrected chi connectivity index (χ1v) is 17.1. The van der Waals surface area contributed by atoms with Crippen LogP contribution in [0.2, 0.25) is 0 Å². The van der Waals surface area contributed by atoms with Crippen molar-refractivity contribution in [3.63, 3.8) is 0 Å². The molecule has 0 unspecified atom stereocenters. The summed E-state index contributed by atoms with van der Waals surface area (Å²) in [6.07, 6.45) is 2.35. The highest BCUT2D eigenvalue weighted by Crippen LogP contribution is 2.29. The number of hydrogen-bond donors (Lipinski definition) is 2. The van der Waals surface area contributed by atoms with Crippen molar-refractivity contribution >= 4 is 17.7 Å². The number of carboxylic acid groups (broad SMARTS) is 1. The van der Waals surface area contributed by atoms with E-state index in [1.807, 2.05) is 96.5 Å². The third kappa shape index (κ3) is 11.4. The van der Waals surface area contributed by atoms with Gasteiger partial charge in [0.15, 0.2) is 5.65 Å². The first-order valence-electron chi connectivity index (χ1n) is 17.1. The minimum Gasteiger partial charge on any atom is -0.481 e. The Bertz CT molecular complexity index is 1800. The Morgan fingerprint density at radius 3 is 1.90 bits per heavy atom. The van der Waals surface area contributed by atoms with Gasteiger partial charge in [-0.2, -0.15) is 0 Å². The molecule has 0 fully saturated rings. The highest BCUT2D eigenvalue weighted by atomic mass is 16.6. The molecule has 0 radical (unpaired) electrons. The number of aromatic nitrogens is 3. The Morgan fingerprint density at radius 2 is 1.29 bits per heavy atom. The predicted molar refractivity (Wildman–Crippen MR) is 193 cm³/mol. The largest absolute Gasteiger partial charge is 0.481 e. The minimum atomic E-state index is -0.898. The molecular formula is C39H45N5O7. The number of nitrogens with one attached hydrogen (secondary N) is 1. The zero-order valence-electron chi connectivity index (χ0n) is 28.9. The Labute approximate surface area is 298 Å². The summed E-state index contributed by atoms with van der Waals surface area (Å²) in [6, 6.07) is 30.0. The number of benzene rings is 3. The molecule has 5 aromatic rings. The van der Waals surface area contributed by atoms with Crippen molar-refractivity contribution in [3.05, 3.63) is 120 Å². The van der Waals surface area contributed by atoms with Gasteiger partial charge < -0.3 is 34.3 Å². The highest BCUT2D eigenvalue weighted by Gasteiger charge is 2.24. The number of imidazole rings is 1. The van der Waals surface area contributed by atoms with Crippen LogP contribution >= 0.6 is 0 Å². The van der Waals surface area contributed by atoms with E-state index in [9.17, 15) is 9.59 Å². The molecule has 0 aliphatic carbocycles. The Hall–Kier alpha value is -5.14. The van der Waals surface area contributed by atoms with Crippen LogP contribution in [-0.2, 0) is 31.8 Å². The van der Waals surface area contributed by atoms with Gasteiger partial charge in [-0.1, -0.05) is 91.0 Å². The van der Waals surface area contributed by atoms with Crippen molar-refractivity contribution in [2.75, 3.05) is 66.3 Å². The smallest absolute Gasteiger partial charge is 0.416 e. The number of fused-ring (bicyclic) bond motifs is 1. The van der Waals surface area contributed by atoms with Crippen LogP contribution in [0.5, 0.6) is 5.88 Å². The van der Waals surface area contributed by atoms with Crippen molar-refractivity contribution in [1.29, 1.82) is 0 Å². The minimum absolute atomic E-state index is 0.0393. The highest BCUT2D eigenvalue weighted by molar-refractivity contribution is 5.72. The molecule has 0 bridgehead atoms. The zero-order valence-corrected chi connectivity index (χ0v) is 28.9. The van der Waals surface area contributed by atoms with Crippen LogP contribution < -0.4 is 10.1 Å². The van der Waals surface area contributed by atoms with Crippen LogP contribution in [0, 0.1) is 0 Å². The van der Waals surface area contributed by atoms with Gasteiger partial charge in [-0.25, -0.2) is 14.8 Å². The molecule has 0 aliphatic heterocycles. The van der Waals surface area contributed by atoms with E-state index in [0.717, 1.165) is 28.1 Å².